The second-order valence-electron chi connectivity index (χ2n) is 2.51. The highest BCUT2D eigenvalue weighted by Crippen LogP contribution is 2.11. The van der Waals surface area contributed by atoms with Crippen molar-refractivity contribution in [3.05, 3.63) is 18.3 Å². The first-order valence-corrected chi connectivity index (χ1v) is 3.88. The molecule has 0 unspecified atom stereocenters. The number of rotatable bonds is 3. The monoisotopic (exact) mass is 192 g/mol. The molecule has 72 valence electrons. The number of nitrogens with one attached hydrogen (secondary N) is 2. The van der Waals surface area contributed by atoms with E-state index < -0.39 is 0 Å². The number of hydrogen-bond acceptors (Lipinski definition) is 7. The fraction of sp³-hybridized carbons (Fsp3) is 0.167. The summed E-state index contributed by atoms with van der Waals surface area (Å²) >= 11 is 0. The van der Waals surface area contributed by atoms with Crippen LogP contribution < -0.4 is 11.1 Å². The summed E-state index contributed by atoms with van der Waals surface area (Å²) in [6.07, 6.45) is 2.93. The molecule has 2 rings (SSSR count). The van der Waals surface area contributed by atoms with Crippen LogP contribution in [-0.2, 0) is 6.54 Å². The Hall–Kier alpha value is -2.25. The van der Waals surface area contributed by atoms with Crippen molar-refractivity contribution in [2.24, 2.45) is 0 Å². The summed E-state index contributed by atoms with van der Waals surface area (Å²) in [6, 6.07) is 0. The highest BCUT2D eigenvalue weighted by atomic mass is 15.5. The summed E-state index contributed by atoms with van der Waals surface area (Å²) in [7, 11) is 0. The van der Waals surface area contributed by atoms with E-state index in [9.17, 15) is 0 Å². The maximum Gasteiger partial charge on any atom is 0.193 e. The smallest absolute Gasteiger partial charge is 0.193 e. The van der Waals surface area contributed by atoms with Crippen molar-refractivity contribution in [3.8, 4) is 0 Å². The first-order valence-electron chi connectivity index (χ1n) is 3.88. The van der Waals surface area contributed by atoms with Crippen LogP contribution in [0.4, 0.5) is 11.5 Å². The van der Waals surface area contributed by atoms with Gasteiger partial charge in [0.1, 0.15) is 6.33 Å². The van der Waals surface area contributed by atoms with Crippen LogP contribution in [0.3, 0.4) is 0 Å². The van der Waals surface area contributed by atoms with E-state index in [4.69, 9.17) is 5.73 Å². The number of H-pyrrole nitrogens is 1. The molecule has 0 spiro atoms. The van der Waals surface area contributed by atoms with Crippen molar-refractivity contribution in [2.45, 2.75) is 6.54 Å². The third-order valence-corrected chi connectivity index (χ3v) is 1.54. The Morgan fingerprint density at radius 1 is 1.50 bits per heavy atom. The van der Waals surface area contributed by atoms with Crippen molar-refractivity contribution in [1.82, 2.24) is 30.6 Å². The van der Waals surface area contributed by atoms with Crippen LogP contribution >= 0.6 is 0 Å². The standard InChI is InChI=1S/C6H8N8/c7-4-1-8-3-10-6(4)9-2-5-11-13-14-12-5/h1,3H,2,7H2,(H,8,9,10)(H,11,12,13,14). The van der Waals surface area contributed by atoms with E-state index in [0.717, 1.165) is 0 Å². The zero-order chi connectivity index (χ0) is 9.80. The third kappa shape index (κ3) is 1.73. The zero-order valence-corrected chi connectivity index (χ0v) is 7.18. The largest absolute Gasteiger partial charge is 0.394 e. The van der Waals surface area contributed by atoms with Gasteiger partial charge in [-0.1, -0.05) is 5.21 Å². The number of nitrogens with zero attached hydrogens (tertiary/aromatic N) is 5. The summed E-state index contributed by atoms with van der Waals surface area (Å²) < 4.78 is 0. The van der Waals surface area contributed by atoms with Gasteiger partial charge in [-0.2, -0.15) is 5.21 Å². The molecule has 0 saturated heterocycles. The van der Waals surface area contributed by atoms with E-state index in [1.54, 1.807) is 0 Å². The SMILES string of the molecule is Nc1cncnc1NCc1nn[nH]n1. The van der Waals surface area contributed by atoms with Crippen LogP contribution in [0.5, 0.6) is 0 Å². The minimum atomic E-state index is 0.414. The summed E-state index contributed by atoms with van der Waals surface area (Å²) in [5.74, 6) is 1.10. The summed E-state index contributed by atoms with van der Waals surface area (Å²) in [6.45, 7) is 0.414. The van der Waals surface area contributed by atoms with E-state index in [1.807, 2.05) is 0 Å². The topological polar surface area (TPSA) is 118 Å². The van der Waals surface area contributed by atoms with Crippen molar-refractivity contribution >= 4 is 11.5 Å². The molecule has 2 heterocycles. The second kappa shape index (κ2) is 3.64. The number of hydrogen-bond donors (Lipinski definition) is 3. The maximum absolute atomic E-state index is 5.61. The van der Waals surface area contributed by atoms with Crippen molar-refractivity contribution < 1.29 is 0 Å². The molecule has 4 N–H and O–H groups in total. The quantitative estimate of drug-likeness (QED) is 0.581. The van der Waals surface area contributed by atoms with E-state index in [1.165, 1.54) is 12.5 Å². The van der Waals surface area contributed by atoms with Gasteiger partial charge in [0.2, 0.25) is 0 Å². The molecule has 0 fully saturated rings. The van der Waals surface area contributed by atoms with Crippen LogP contribution in [0.25, 0.3) is 0 Å². The van der Waals surface area contributed by atoms with Crippen molar-refractivity contribution in [2.75, 3.05) is 11.1 Å². The van der Waals surface area contributed by atoms with Gasteiger partial charge in [0.15, 0.2) is 11.6 Å². The van der Waals surface area contributed by atoms with Crippen LogP contribution in [0.1, 0.15) is 5.82 Å². The molecular weight excluding hydrogens is 184 g/mol. The van der Waals surface area contributed by atoms with Crippen LogP contribution in [0.15, 0.2) is 12.5 Å². The minimum absolute atomic E-state index is 0.414. The highest BCUT2D eigenvalue weighted by Gasteiger charge is 2.01. The summed E-state index contributed by atoms with van der Waals surface area (Å²) in [5, 5.41) is 16.3. The molecule has 0 atom stereocenters. The molecule has 2 aromatic heterocycles. The van der Waals surface area contributed by atoms with Gasteiger partial charge < -0.3 is 11.1 Å². The third-order valence-electron chi connectivity index (χ3n) is 1.54. The van der Waals surface area contributed by atoms with Gasteiger partial charge in [0.25, 0.3) is 0 Å². The van der Waals surface area contributed by atoms with E-state index in [-0.39, 0.29) is 0 Å². The molecule has 0 bridgehead atoms. The van der Waals surface area contributed by atoms with Crippen LogP contribution in [0.2, 0.25) is 0 Å². The number of nitrogens with two attached hydrogens (primary N) is 1. The first kappa shape index (κ1) is 8.35. The lowest BCUT2D eigenvalue weighted by molar-refractivity contribution is 0.881. The molecule has 8 nitrogen and oxygen atoms in total. The number of aromatic nitrogens is 6. The highest BCUT2D eigenvalue weighted by molar-refractivity contribution is 5.58. The average Bonchev–Trinajstić information content (AvgIpc) is 2.69. The number of nitrogen functional groups attached to an aromatic ring is 1. The number of aromatic amines is 1. The van der Waals surface area contributed by atoms with Gasteiger partial charge in [0.05, 0.1) is 18.4 Å². The van der Waals surface area contributed by atoms with Gasteiger partial charge in [0, 0.05) is 0 Å². The fourth-order valence-corrected chi connectivity index (χ4v) is 0.908. The van der Waals surface area contributed by atoms with Gasteiger partial charge in [-0.05, 0) is 0 Å². The molecule has 0 saturated carbocycles. The molecule has 2 aromatic rings. The first-order chi connectivity index (χ1) is 6.86. The summed E-state index contributed by atoms with van der Waals surface area (Å²) in [4.78, 5) is 7.71. The normalized spacial score (nSPS) is 10.0. The molecule has 0 aromatic carbocycles. The van der Waals surface area contributed by atoms with Crippen LogP contribution in [0, 0.1) is 0 Å². The Morgan fingerprint density at radius 2 is 2.43 bits per heavy atom. The lowest BCUT2D eigenvalue weighted by Crippen LogP contribution is -2.06. The molecule has 0 aliphatic heterocycles. The fourth-order valence-electron chi connectivity index (χ4n) is 0.908. The van der Waals surface area contributed by atoms with E-state index in [2.05, 4.69) is 35.9 Å². The predicted molar refractivity (Wildman–Crippen MR) is 47.9 cm³/mol. The van der Waals surface area contributed by atoms with Crippen molar-refractivity contribution in [3.63, 3.8) is 0 Å². The maximum atomic E-state index is 5.61. The van der Waals surface area contributed by atoms with E-state index in [0.29, 0.717) is 23.9 Å². The molecule has 0 amide bonds. The molecule has 0 aliphatic rings. The van der Waals surface area contributed by atoms with Gasteiger partial charge >= 0.3 is 0 Å². The molecule has 14 heavy (non-hydrogen) atoms. The predicted octanol–water partition coefficient (Wildman–Crippen LogP) is -0.816. The van der Waals surface area contributed by atoms with Gasteiger partial charge in [-0.3, -0.25) is 0 Å². The molecular formula is C6H8N8. The van der Waals surface area contributed by atoms with Crippen molar-refractivity contribution in [1.29, 1.82) is 0 Å². The van der Waals surface area contributed by atoms with Crippen LogP contribution in [-0.4, -0.2) is 30.6 Å². The second-order valence-corrected chi connectivity index (χ2v) is 2.51. The molecule has 0 radical (unpaired) electrons. The molecule has 0 aliphatic carbocycles. The Kier molecular flexibility index (Phi) is 2.17. The summed E-state index contributed by atoms with van der Waals surface area (Å²) in [5.41, 5.74) is 6.09. The van der Waals surface area contributed by atoms with Gasteiger partial charge in [-0.25, -0.2) is 9.97 Å². The zero-order valence-electron chi connectivity index (χ0n) is 7.18. The van der Waals surface area contributed by atoms with E-state index >= 15 is 0 Å². The Bertz CT molecular complexity index is 396. The molecule has 8 heteroatoms. The Balaban J connectivity index is 2.02. The Labute approximate surface area is 79.0 Å². The lowest BCUT2D eigenvalue weighted by Gasteiger charge is -2.03. The Morgan fingerprint density at radius 3 is 3.14 bits per heavy atom. The average molecular weight is 192 g/mol. The number of anilines is 2. The number of tetrazole rings is 1. The lowest BCUT2D eigenvalue weighted by atomic mass is 10.4. The minimum Gasteiger partial charge on any atom is -0.394 e. The van der Waals surface area contributed by atoms with Gasteiger partial charge in [-0.15, -0.1) is 10.2 Å².